The summed E-state index contributed by atoms with van der Waals surface area (Å²) in [6, 6.07) is 2.79. The van der Waals surface area contributed by atoms with Crippen LogP contribution in [0.4, 0.5) is 0 Å². The van der Waals surface area contributed by atoms with E-state index in [2.05, 4.69) is 23.2 Å². The molecule has 3 aliphatic rings. The van der Waals surface area contributed by atoms with Crippen LogP contribution in [0.15, 0.2) is 0 Å². The Hall–Kier alpha value is -1.12. The average Bonchev–Trinajstić information content (AvgIpc) is 2.88. The molecule has 5 nitrogen and oxygen atoms in total. The molecule has 2 unspecified atom stereocenters. The van der Waals surface area contributed by atoms with Crippen LogP contribution in [0.5, 0.6) is 0 Å². The van der Waals surface area contributed by atoms with E-state index >= 15 is 0 Å². The van der Waals surface area contributed by atoms with Gasteiger partial charge in [0, 0.05) is 19.1 Å². The molecule has 0 spiro atoms. The third-order valence-corrected chi connectivity index (χ3v) is 4.99. The van der Waals surface area contributed by atoms with Crippen molar-refractivity contribution in [2.45, 2.75) is 44.8 Å². The number of carbonyl (C=O) groups excluding carboxylic acids is 1. The molecule has 110 valence electrons. The van der Waals surface area contributed by atoms with Gasteiger partial charge in [-0.3, -0.25) is 9.69 Å². The molecule has 2 heterocycles. The summed E-state index contributed by atoms with van der Waals surface area (Å²) in [5.74, 6) is 0.377. The second-order valence-electron chi connectivity index (χ2n) is 6.66. The van der Waals surface area contributed by atoms with Gasteiger partial charge in [-0.25, -0.2) is 0 Å². The number of nitrogens with one attached hydrogen (secondary N) is 1. The third kappa shape index (κ3) is 2.43. The first-order valence-electron chi connectivity index (χ1n) is 7.68. The van der Waals surface area contributed by atoms with Crippen molar-refractivity contribution in [3.8, 4) is 6.07 Å². The molecule has 20 heavy (non-hydrogen) atoms. The number of ether oxygens (including phenoxy) is 1. The van der Waals surface area contributed by atoms with Crippen molar-refractivity contribution < 1.29 is 9.53 Å². The monoisotopic (exact) mass is 277 g/mol. The predicted molar refractivity (Wildman–Crippen MR) is 73.8 cm³/mol. The van der Waals surface area contributed by atoms with Gasteiger partial charge in [0.25, 0.3) is 0 Å². The number of fused-ring (bicyclic) bond motifs is 1. The molecule has 0 bridgehead atoms. The van der Waals surface area contributed by atoms with Gasteiger partial charge in [-0.05, 0) is 38.1 Å². The van der Waals surface area contributed by atoms with E-state index in [-0.39, 0.29) is 12.0 Å². The summed E-state index contributed by atoms with van der Waals surface area (Å²) in [5, 5.41) is 12.2. The second kappa shape index (κ2) is 5.34. The Bertz CT molecular complexity index is 425. The van der Waals surface area contributed by atoms with E-state index in [0.717, 1.165) is 19.7 Å². The SMILES string of the molecule is CC1CC(C#N)(C(=O)NCC2CN3CCCC3CO2)C1. The number of carbonyl (C=O) groups is 1. The van der Waals surface area contributed by atoms with Gasteiger partial charge in [0.05, 0.1) is 18.8 Å². The molecule has 0 radical (unpaired) electrons. The molecule has 1 N–H and O–H groups in total. The van der Waals surface area contributed by atoms with Gasteiger partial charge < -0.3 is 10.1 Å². The molecule has 0 aromatic heterocycles. The van der Waals surface area contributed by atoms with Gasteiger partial charge >= 0.3 is 0 Å². The fourth-order valence-corrected chi connectivity index (χ4v) is 3.84. The molecule has 2 aliphatic heterocycles. The highest BCUT2D eigenvalue weighted by atomic mass is 16.5. The number of nitriles is 1. The Balaban J connectivity index is 1.48. The van der Waals surface area contributed by atoms with E-state index in [9.17, 15) is 10.1 Å². The average molecular weight is 277 g/mol. The highest BCUT2D eigenvalue weighted by Crippen LogP contribution is 2.45. The van der Waals surface area contributed by atoms with Gasteiger partial charge in [0.2, 0.25) is 5.91 Å². The van der Waals surface area contributed by atoms with E-state index in [1.807, 2.05) is 0 Å². The fraction of sp³-hybridized carbons (Fsp3) is 0.867. The molecule has 2 atom stereocenters. The minimum Gasteiger partial charge on any atom is -0.373 e. The maximum atomic E-state index is 12.2. The molecule has 2 saturated heterocycles. The minimum atomic E-state index is -0.774. The first kappa shape index (κ1) is 13.8. The van der Waals surface area contributed by atoms with Gasteiger partial charge in [-0.15, -0.1) is 0 Å². The Labute approximate surface area is 120 Å². The van der Waals surface area contributed by atoms with Crippen molar-refractivity contribution >= 4 is 5.91 Å². The zero-order valence-corrected chi connectivity index (χ0v) is 12.1. The van der Waals surface area contributed by atoms with Crippen LogP contribution in [-0.2, 0) is 9.53 Å². The van der Waals surface area contributed by atoms with Crippen LogP contribution in [0.25, 0.3) is 0 Å². The van der Waals surface area contributed by atoms with Crippen molar-refractivity contribution in [3.05, 3.63) is 0 Å². The minimum absolute atomic E-state index is 0.0709. The summed E-state index contributed by atoms with van der Waals surface area (Å²) >= 11 is 0. The summed E-state index contributed by atoms with van der Waals surface area (Å²) in [4.78, 5) is 14.7. The van der Waals surface area contributed by atoms with Gasteiger partial charge in [0.1, 0.15) is 5.41 Å². The fourth-order valence-electron chi connectivity index (χ4n) is 3.84. The Morgan fingerprint density at radius 2 is 2.35 bits per heavy atom. The van der Waals surface area contributed by atoms with Gasteiger partial charge in [-0.2, -0.15) is 5.26 Å². The molecule has 1 saturated carbocycles. The lowest BCUT2D eigenvalue weighted by molar-refractivity contribution is -0.135. The van der Waals surface area contributed by atoms with Crippen LogP contribution in [0, 0.1) is 22.7 Å². The first-order valence-corrected chi connectivity index (χ1v) is 7.68. The molecule has 3 fully saturated rings. The van der Waals surface area contributed by atoms with E-state index in [1.54, 1.807) is 0 Å². The number of rotatable bonds is 3. The molecule has 1 amide bonds. The standard InChI is InChI=1S/C15H23N3O2/c1-11-5-15(6-11,10-16)14(19)17-7-13-8-18-4-2-3-12(18)9-20-13/h11-13H,2-9H2,1H3,(H,17,19). The molecule has 3 rings (SSSR count). The largest absolute Gasteiger partial charge is 0.373 e. The van der Waals surface area contributed by atoms with E-state index < -0.39 is 5.41 Å². The molecule has 0 aromatic rings. The van der Waals surface area contributed by atoms with Crippen LogP contribution in [0.1, 0.15) is 32.6 Å². The lowest BCUT2D eigenvalue weighted by Crippen LogP contribution is -2.53. The van der Waals surface area contributed by atoms with E-state index in [1.165, 1.54) is 12.8 Å². The quantitative estimate of drug-likeness (QED) is 0.832. The van der Waals surface area contributed by atoms with Crippen LogP contribution in [-0.4, -0.2) is 49.2 Å². The highest BCUT2D eigenvalue weighted by Gasteiger charge is 2.49. The van der Waals surface area contributed by atoms with Crippen LogP contribution in [0.3, 0.4) is 0 Å². The molecule has 5 heteroatoms. The lowest BCUT2D eigenvalue weighted by Gasteiger charge is -2.40. The molecule has 1 aliphatic carbocycles. The van der Waals surface area contributed by atoms with E-state index in [4.69, 9.17) is 4.74 Å². The Morgan fingerprint density at radius 3 is 3.05 bits per heavy atom. The summed E-state index contributed by atoms with van der Waals surface area (Å²) in [7, 11) is 0. The summed E-state index contributed by atoms with van der Waals surface area (Å²) in [5.41, 5.74) is -0.774. The summed E-state index contributed by atoms with van der Waals surface area (Å²) in [6.07, 6.45) is 3.93. The number of morpholine rings is 1. The smallest absolute Gasteiger partial charge is 0.240 e. The van der Waals surface area contributed by atoms with Crippen LogP contribution < -0.4 is 5.32 Å². The molecular weight excluding hydrogens is 254 g/mol. The number of nitrogens with zero attached hydrogens (tertiary/aromatic N) is 2. The summed E-state index contributed by atoms with van der Waals surface area (Å²) < 4.78 is 5.82. The predicted octanol–water partition coefficient (Wildman–Crippen LogP) is 0.906. The van der Waals surface area contributed by atoms with Crippen molar-refractivity contribution in [2.75, 3.05) is 26.2 Å². The van der Waals surface area contributed by atoms with Crippen molar-refractivity contribution in [1.82, 2.24) is 10.2 Å². The topological polar surface area (TPSA) is 65.4 Å². The van der Waals surface area contributed by atoms with E-state index in [0.29, 0.717) is 31.3 Å². The van der Waals surface area contributed by atoms with Crippen LogP contribution in [0.2, 0.25) is 0 Å². The van der Waals surface area contributed by atoms with Crippen molar-refractivity contribution in [2.24, 2.45) is 11.3 Å². The van der Waals surface area contributed by atoms with Gasteiger partial charge in [-0.1, -0.05) is 6.92 Å². The zero-order valence-electron chi connectivity index (χ0n) is 12.1. The number of hydrogen-bond acceptors (Lipinski definition) is 4. The Kier molecular flexibility index (Phi) is 3.70. The second-order valence-corrected chi connectivity index (χ2v) is 6.66. The van der Waals surface area contributed by atoms with Gasteiger partial charge in [0.15, 0.2) is 0 Å². The Morgan fingerprint density at radius 1 is 1.55 bits per heavy atom. The maximum Gasteiger partial charge on any atom is 0.240 e. The van der Waals surface area contributed by atoms with Crippen molar-refractivity contribution in [3.63, 3.8) is 0 Å². The molecule has 0 aromatic carbocycles. The highest BCUT2D eigenvalue weighted by molar-refractivity contribution is 5.86. The number of hydrogen-bond donors (Lipinski definition) is 1. The normalized spacial score (nSPS) is 40.5. The summed E-state index contributed by atoms with van der Waals surface area (Å²) in [6.45, 7) is 5.44. The zero-order chi connectivity index (χ0) is 14.2. The van der Waals surface area contributed by atoms with Crippen LogP contribution >= 0.6 is 0 Å². The van der Waals surface area contributed by atoms with Crippen molar-refractivity contribution in [1.29, 1.82) is 5.26 Å². The third-order valence-electron chi connectivity index (χ3n) is 4.99. The molecular formula is C15H23N3O2. The first-order chi connectivity index (χ1) is 9.63. The number of amides is 1. The lowest BCUT2D eigenvalue weighted by atomic mass is 9.63. The maximum absolute atomic E-state index is 12.2.